The second kappa shape index (κ2) is 5.53. The van der Waals surface area contributed by atoms with Gasteiger partial charge < -0.3 is 15.6 Å². The first-order valence-corrected chi connectivity index (χ1v) is 4.76. The molecule has 0 aliphatic carbocycles. The van der Waals surface area contributed by atoms with Gasteiger partial charge >= 0.3 is 5.97 Å². The fourth-order valence-electron chi connectivity index (χ4n) is 1.45. The second-order valence-electron chi connectivity index (χ2n) is 3.27. The lowest BCUT2D eigenvalue weighted by atomic mass is 10.1. The molecule has 0 atom stereocenters. The van der Waals surface area contributed by atoms with Crippen molar-refractivity contribution in [3.63, 3.8) is 0 Å². The monoisotopic (exact) mass is 246 g/mol. The zero-order valence-corrected chi connectivity index (χ0v) is 9.11. The van der Waals surface area contributed by atoms with Gasteiger partial charge in [0.15, 0.2) is 5.75 Å². The number of hydrogen-bond acceptors (Lipinski definition) is 4. The van der Waals surface area contributed by atoms with Crippen LogP contribution in [0.5, 0.6) is 5.75 Å². The molecule has 0 radical (unpaired) electrons. The van der Waals surface area contributed by atoms with E-state index in [0.29, 0.717) is 5.56 Å². The Kier molecular flexibility index (Phi) is 4.33. The van der Waals surface area contributed by atoms with Gasteiger partial charge in [-0.3, -0.25) is 4.79 Å². The van der Waals surface area contributed by atoms with E-state index >= 15 is 0 Å². The minimum absolute atomic E-state index is 0.0297. The second-order valence-corrected chi connectivity index (χ2v) is 3.27. The predicted octanol–water partition coefficient (Wildman–Crippen LogP) is 1.11. The van der Waals surface area contributed by atoms with Crippen LogP contribution in [0, 0.1) is 0 Å². The van der Waals surface area contributed by atoms with Gasteiger partial charge in [-0.15, -0.1) is 0 Å². The van der Waals surface area contributed by atoms with Crippen molar-refractivity contribution in [1.82, 2.24) is 4.98 Å². The Morgan fingerprint density at radius 3 is 2.71 bits per heavy atom. The molecule has 0 saturated heterocycles. The molecule has 7 heteroatoms. The number of carbonyl (C=O) groups is 1. The quantitative estimate of drug-likeness (QED) is 0.812. The topological polar surface area (TPSA) is 85.4 Å². The van der Waals surface area contributed by atoms with E-state index < -0.39 is 24.5 Å². The van der Waals surface area contributed by atoms with E-state index in [4.69, 9.17) is 15.6 Å². The van der Waals surface area contributed by atoms with Gasteiger partial charge in [0.05, 0.1) is 19.2 Å². The Morgan fingerprint density at radius 1 is 1.65 bits per heavy atom. The van der Waals surface area contributed by atoms with Crippen LogP contribution in [0.25, 0.3) is 0 Å². The van der Waals surface area contributed by atoms with Crippen molar-refractivity contribution in [1.29, 1.82) is 0 Å². The number of methoxy groups -OCH3 is 1. The fraction of sp³-hybridized carbons (Fsp3) is 0.400. The first-order chi connectivity index (χ1) is 7.99. The summed E-state index contributed by atoms with van der Waals surface area (Å²) in [4.78, 5) is 14.1. The third-order valence-electron chi connectivity index (χ3n) is 2.09. The number of aromatic nitrogens is 1. The third kappa shape index (κ3) is 3.10. The molecule has 5 nitrogen and oxygen atoms in total. The molecule has 0 aliphatic rings. The number of hydrogen-bond donors (Lipinski definition) is 2. The summed E-state index contributed by atoms with van der Waals surface area (Å²) in [7, 11) is 1.24. The normalized spacial score (nSPS) is 10.6. The van der Waals surface area contributed by atoms with Crippen molar-refractivity contribution in [2.24, 2.45) is 5.73 Å². The van der Waals surface area contributed by atoms with Gasteiger partial charge in [0, 0.05) is 12.1 Å². The van der Waals surface area contributed by atoms with E-state index in [1.165, 1.54) is 13.2 Å². The maximum atomic E-state index is 12.7. The smallest absolute Gasteiger partial charge is 0.309 e. The summed E-state index contributed by atoms with van der Waals surface area (Å²) in [6.07, 6.45) is -3.28. The first-order valence-electron chi connectivity index (χ1n) is 4.76. The molecule has 17 heavy (non-hydrogen) atoms. The lowest BCUT2D eigenvalue weighted by molar-refractivity contribution is -0.136. The molecule has 0 unspecified atom stereocenters. The number of pyridine rings is 1. The van der Waals surface area contributed by atoms with E-state index in [-0.39, 0.29) is 18.0 Å². The highest BCUT2D eigenvalue weighted by Crippen LogP contribution is 2.30. The largest absolute Gasteiger partial charge is 0.494 e. The molecule has 0 aromatic carbocycles. The molecule has 0 amide bonds. The molecule has 3 N–H and O–H groups in total. The summed E-state index contributed by atoms with van der Waals surface area (Å²) < 4.78 is 30.3. The van der Waals surface area contributed by atoms with E-state index in [2.05, 4.69) is 4.98 Å². The van der Waals surface area contributed by atoms with Crippen LogP contribution in [0.3, 0.4) is 0 Å². The lowest BCUT2D eigenvalue weighted by Crippen LogP contribution is -2.10. The number of carboxylic acid groups (broad SMARTS) is 1. The summed E-state index contributed by atoms with van der Waals surface area (Å²) in [6.45, 7) is -0.0297. The number of ether oxygens (including phenoxy) is 1. The Bertz CT molecular complexity index is 424. The lowest BCUT2D eigenvalue weighted by Gasteiger charge is -2.13. The Balaban J connectivity index is 3.29. The molecule has 0 saturated carbocycles. The van der Waals surface area contributed by atoms with Crippen LogP contribution in [0.4, 0.5) is 8.78 Å². The van der Waals surface area contributed by atoms with Gasteiger partial charge in [-0.2, -0.15) is 0 Å². The number of alkyl halides is 2. The van der Waals surface area contributed by atoms with Gasteiger partial charge in [-0.1, -0.05) is 0 Å². The highest BCUT2D eigenvalue weighted by molar-refractivity contribution is 5.69. The summed E-state index contributed by atoms with van der Waals surface area (Å²) in [5.74, 6) is -1.23. The number of aliphatic carboxylic acids is 1. The van der Waals surface area contributed by atoms with Gasteiger partial charge in [0.1, 0.15) is 5.69 Å². The van der Waals surface area contributed by atoms with Crippen LogP contribution < -0.4 is 10.5 Å². The molecule has 0 aliphatic heterocycles. The maximum absolute atomic E-state index is 12.7. The van der Waals surface area contributed by atoms with Crippen LogP contribution in [0.1, 0.15) is 23.4 Å². The van der Waals surface area contributed by atoms with Crippen molar-refractivity contribution in [2.75, 3.05) is 7.11 Å². The summed E-state index contributed by atoms with van der Waals surface area (Å²) >= 11 is 0. The van der Waals surface area contributed by atoms with Gasteiger partial charge in [-0.25, -0.2) is 13.8 Å². The van der Waals surface area contributed by atoms with Gasteiger partial charge in [-0.05, 0) is 6.07 Å². The molecule has 0 spiro atoms. The van der Waals surface area contributed by atoms with Crippen molar-refractivity contribution >= 4 is 5.97 Å². The van der Waals surface area contributed by atoms with Crippen molar-refractivity contribution in [2.45, 2.75) is 19.4 Å². The Morgan fingerprint density at radius 2 is 2.29 bits per heavy atom. The number of nitrogens with two attached hydrogens (primary N) is 1. The van der Waals surface area contributed by atoms with Crippen molar-refractivity contribution in [3.8, 4) is 5.75 Å². The van der Waals surface area contributed by atoms with Gasteiger partial charge in [0.25, 0.3) is 6.43 Å². The van der Waals surface area contributed by atoms with Crippen molar-refractivity contribution in [3.05, 3.63) is 23.0 Å². The summed E-state index contributed by atoms with van der Waals surface area (Å²) in [5.41, 5.74) is 5.17. The molecule has 1 heterocycles. The average Bonchev–Trinajstić information content (AvgIpc) is 2.26. The van der Waals surface area contributed by atoms with Crippen LogP contribution in [0.2, 0.25) is 0 Å². The highest BCUT2D eigenvalue weighted by atomic mass is 19.3. The SMILES string of the molecule is COc1c(CN)cc(CC(=O)O)nc1C(F)F. The van der Waals surface area contributed by atoms with E-state index in [9.17, 15) is 13.6 Å². The van der Waals surface area contributed by atoms with Crippen LogP contribution in [-0.4, -0.2) is 23.2 Å². The number of halogens is 2. The molecule has 0 fully saturated rings. The van der Waals surface area contributed by atoms with Gasteiger partial charge in [0.2, 0.25) is 0 Å². The Hall–Kier alpha value is -1.76. The molecule has 0 bridgehead atoms. The minimum atomic E-state index is -2.84. The molecule has 1 aromatic heterocycles. The minimum Gasteiger partial charge on any atom is -0.494 e. The van der Waals surface area contributed by atoms with E-state index in [1.54, 1.807) is 0 Å². The fourth-order valence-corrected chi connectivity index (χ4v) is 1.45. The molecule has 94 valence electrons. The number of rotatable bonds is 5. The zero-order valence-electron chi connectivity index (χ0n) is 9.11. The maximum Gasteiger partial charge on any atom is 0.309 e. The molecular weight excluding hydrogens is 234 g/mol. The molecular formula is C10H12F2N2O3. The Labute approximate surface area is 96.2 Å². The first kappa shape index (κ1) is 13.3. The van der Waals surface area contributed by atoms with E-state index in [1.807, 2.05) is 0 Å². The number of nitrogens with zero attached hydrogens (tertiary/aromatic N) is 1. The predicted molar refractivity (Wildman–Crippen MR) is 55.0 cm³/mol. The average molecular weight is 246 g/mol. The highest BCUT2D eigenvalue weighted by Gasteiger charge is 2.20. The standard InChI is InChI=1S/C10H12F2N2O3/c1-17-9-5(4-13)2-6(3-7(15)16)14-8(9)10(11)12/h2,10H,3-4,13H2,1H3,(H,15,16). The number of carboxylic acids is 1. The van der Waals surface area contributed by atoms with Crippen LogP contribution in [-0.2, 0) is 17.8 Å². The van der Waals surface area contributed by atoms with E-state index in [0.717, 1.165) is 0 Å². The summed E-state index contributed by atoms with van der Waals surface area (Å²) in [5, 5.41) is 8.60. The third-order valence-corrected chi connectivity index (χ3v) is 2.09. The zero-order chi connectivity index (χ0) is 13.0. The molecule has 1 aromatic rings. The van der Waals surface area contributed by atoms with Crippen molar-refractivity contribution < 1.29 is 23.4 Å². The van der Waals surface area contributed by atoms with Crippen LogP contribution >= 0.6 is 0 Å². The van der Waals surface area contributed by atoms with Crippen LogP contribution in [0.15, 0.2) is 6.07 Å². The molecule has 1 rings (SSSR count). The summed E-state index contributed by atoms with van der Waals surface area (Å²) in [6, 6.07) is 1.36.